The van der Waals surface area contributed by atoms with Crippen LogP contribution in [0.15, 0.2) is 54.6 Å². The van der Waals surface area contributed by atoms with Crippen LogP contribution in [0.2, 0.25) is 0 Å². The Labute approximate surface area is 155 Å². The number of likely N-dealkylation sites (N-methyl/N-ethyl adjacent to an activating group) is 1. The maximum Gasteiger partial charge on any atom is 0.317 e. The van der Waals surface area contributed by atoms with Crippen molar-refractivity contribution in [2.75, 3.05) is 27.4 Å². The van der Waals surface area contributed by atoms with Crippen molar-refractivity contribution >= 4 is 6.03 Å². The zero-order valence-corrected chi connectivity index (χ0v) is 15.8. The normalized spacial score (nSPS) is 11.7. The lowest BCUT2D eigenvalue weighted by Crippen LogP contribution is -2.46. The molecule has 26 heavy (non-hydrogen) atoms. The lowest BCUT2D eigenvalue weighted by Gasteiger charge is -2.28. The Morgan fingerprint density at radius 2 is 1.85 bits per heavy atom. The van der Waals surface area contributed by atoms with Crippen LogP contribution in [0, 0.1) is 0 Å². The predicted octanol–water partition coefficient (Wildman–Crippen LogP) is 3.48. The van der Waals surface area contributed by atoms with E-state index in [9.17, 15) is 4.79 Å². The maximum absolute atomic E-state index is 12.6. The standard InChI is InChI=1S/C21H28N2O3/c1-4-26-20-12-8-11-18(14-20)15-22-21(24)23(2)19(16-25-3)13-17-9-6-5-7-10-17/h5-12,14,19H,4,13,15-16H2,1-3H3,(H,22,24)/t19-/m0/s1. The van der Waals surface area contributed by atoms with Gasteiger partial charge in [-0.3, -0.25) is 0 Å². The molecule has 2 aromatic carbocycles. The monoisotopic (exact) mass is 356 g/mol. The third-order valence-electron chi connectivity index (χ3n) is 4.19. The summed E-state index contributed by atoms with van der Waals surface area (Å²) >= 11 is 0. The first-order valence-electron chi connectivity index (χ1n) is 8.89. The van der Waals surface area contributed by atoms with Gasteiger partial charge in [0, 0.05) is 20.7 Å². The molecule has 0 saturated carbocycles. The second-order valence-corrected chi connectivity index (χ2v) is 6.15. The first-order valence-corrected chi connectivity index (χ1v) is 8.89. The topological polar surface area (TPSA) is 50.8 Å². The molecule has 0 aliphatic rings. The van der Waals surface area contributed by atoms with E-state index in [1.165, 1.54) is 5.56 Å². The summed E-state index contributed by atoms with van der Waals surface area (Å²) in [5.74, 6) is 0.814. The minimum Gasteiger partial charge on any atom is -0.494 e. The molecule has 0 fully saturated rings. The summed E-state index contributed by atoms with van der Waals surface area (Å²) in [4.78, 5) is 14.3. The van der Waals surface area contributed by atoms with Crippen LogP contribution in [0.3, 0.4) is 0 Å². The van der Waals surface area contributed by atoms with E-state index in [0.717, 1.165) is 17.7 Å². The van der Waals surface area contributed by atoms with Crippen molar-refractivity contribution in [2.24, 2.45) is 0 Å². The smallest absolute Gasteiger partial charge is 0.317 e. The summed E-state index contributed by atoms with van der Waals surface area (Å²) < 4.78 is 10.8. The van der Waals surface area contributed by atoms with Gasteiger partial charge in [-0.1, -0.05) is 42.5 Å². The molecule has 0 heterocycles. The van der Waals surface area contributed by atoms with Gasteiger partial charge in [0.15, 0.2) is 0 Å². The third kappa shape index (κ3) is 6.08. The van der Waals surface area contributed by atoms with Gasteiger partial charge in [-0.15, -0.1) is 0 Å². The summed E-state index contributed by atoms with van der Waals surface area (Å²) in [6, 6.07) is 17.7. The van der Waals surface area contributed by atoms with Crippen molar-refractivity contribution in [1.29, 1.82) is 0 Å². The summed E-state index contributed by atoms with van der Waals surface area (Å²) in [6.45, 7) is 3.51. The molecule has 0 radical (unpaired) electrons. The number of hydrogen-bond donors (Lipinski definition) is 1. The molecule has 0 aliphatic heterocycles. The molecular formula is C21H28N2O3. The van der Waals surface area contributed by atoms with E-state index in [0.29, 0.717) is 19.8 Å². The molecule has 0 aliphatic carbocycles. The molecule has 0 unspecified atom stereocenters. The van der Waals surface area contributed by atoms with Gasteiger partial charge in [-0.05, 0) is 36.6 Å². The Hall–Kier alpha value is -2.53. The highest BCUT2D eigenvalue weighted by molar-refractivity contribution is 5.74. The molecule has 140 valence electrons. The Kier molecular flexibility index (Phi) is 7.96. The SMILES string of the molecule is CCOc1cccc(CNC(=O)N(C)[C@H](COC)Cc2ccccc2)c1. The number of nitrogens with zero attached hydrogens (tertiary/aromatic N) is 1. The Morgan fingerprint density at radius 3 is 2.54 bits per heavy atom. The van der Waals surface area contributed by atoms with Gasteiger partial charge < -0.3 is 19.7 Å². The first kappa shape index (κ1) is 19.8. The maximum atomic E-state index is 12.6. The van der Waals surface area contributed by atoms with Crippen LogP contribution in [0.1, 0.15) is 18.1 Å². The van der Waals surface area contributed by atoms with Gasteiger partial charge in [0.05, 0.1) is 19.3 Å². The Balaban J connectivity index is 1.94. The summed E-state index contributed by atoms with van der Waals surface area (Å²) in [7, 11) is 3.46. The second kappa shape index (κ2) is 10.5. The summed E-state index contributed by atoms with van der Waals surface area (Å²) in [5.41, 5.74) is 2.18. The van der Waals surface area contributed by atoms with E-state index in [1.54, 1.807) is 19.1 Å². The molecule has 0 aromatic heterocycles. The summed E-state index contributed by atoms with van der Waals surface area (Å²) in [6.07, 6.45) is 0.748. The predicted molar refractivity (Wildman–Crippen MR) is 103 cm³/mol. The molecule has 1 N–H and O–H groups in total. The number of urea groups is 1. The summed E-state index contributed by atoms with van der Waals surface area (Å²) in [5, 5.41) is 2.97. The van der Waals surface area contributed by atoms with Crippen molar-refractivity contribution in [1.82, 2.24) is 10.2 Å². The fourth-order valence-corrected chi connectivity index (χ4v) is 2.77. The number of methoxy groups -OCH3 is 1. The van der Waals surface area contributed by atoms with Crippen molar-refractivity contribution in [3.63, 3.8) is 0 Å². The Morgan fingerprint density at radius 1 is 1.12 bits per heavy atom. The minimum atomic E-state index is -0.121. The van der Waals surface area contributed by atoms with E-state index in [1.807, 2.05) is 49.4 Å². The molecule has 0 spiro atoms. The third-order valence-corrected chi connectivity index (χ3v) is 4.19. The average Bonchev–Trinajstić information content (AvgIpc) is 2.66. The number of carbonyl (C=O) groups is 1. The van der Waals surface area contributed by atoms with Gasteiger partial charge >= 0.3 is 6.03 Å². The number of carbonyl (C=O) groups excluding carboxylic acids is 1. The zero-order valence-electron chi connectivity index (χ0n) is 15.8. The number of hydrogen-bond acceptors (Lipinski definition) is 3. The van der Waals surface area contributed by atoms with E-state index < -0.39 is 0 Å². The number of ether oxygens (including phenoxy) is 2. The highest BCUT2D eigenvalue weighted by Gasteiger charge is 2.20. The van der Waals surface area contributed by atoms with Crippen molar-refractivity contribution in [2.45, 2.75) is 25.9 Å². The van der Waals surface area contributed by atoms with Crippen molar-refractivity contribution < 1.29 is 14.3 Å². The van der Waals surface area contributed by atoms with Crippen LogP contribution in [0.25, 0.3) is 0 Å². The van der Waals surface area contributed by atoms with Gasteiger partial charge in [-0.25, -0.2) is 4.79 Å². The number of benzene rings is 2. The first-order chi connectivity index (χ1) is 12.6. The Bertz CT molecular complexity index is 676. The van der Waals surface area contributed by atoms with E-state index in [-0.39, 0.29) is 12.1 Å². The minimum absolute atomic E-state index is 0.0304. The molecule has 1 atom stereocenters. The molecular weight excluding hydrogens is 328 g/mol. The van der Waals surface area contributed by atoms with Crippen LogP contribution >= 0.6 is 0 Å². The lowest BCUT2D eigenvalue weighted by molar-refractivity contribution is 0.115. The molecule has 5 heteroatoms. The van der Waals surface area contributed by atoms with Crippen LogP contribution in [-0.2, 0) is 17.7 Å². The lowest BCUT2D eigenvalue weighted by atomic mass is 10.1. The van der Waals surface area contributed by atoms with Gasteiger partial charge in [0.1, 0.15) is 5.75 Å². The van der Waals surface area contributed by atoms with Crippen molar-refractivity contribution in [3.05, 3.63) is 65.7 Å². The van der Waals surface area contributed by atoms with Gasteiger partial charge in [0.25, 0.3) is 0 Å². The molecule has 2 rings (SSSR count). The zero-order chi connectivity index (χ0) is 18.8. The number of nitrogens with one attached hydrogen (secondary N) is 1. The van der Waals surface area contributed by atoms with Gasteiger partial charge in [-0.2, -0.15) is 0 Å². The molecule has 2 amide bonds. The van der Waals surface area contributed by atoms with E-state index in [4.69, 9.17) is 9.47 Å². The van der Waals surface area contributed by atoms with Crippen molar-refractivity contribution in [3.8, 4) is 5.75 Å². The molecule has 0 bridgehead atoms. The van der Waals surface area contributed by atoms with Crippen LogP contribution in [0.5, 0.6) is 5.75 Å². The van der Waals surface area contributed by atoms with Gasteiger partial charge in [0.2, 0.25) is 0 Å². The molecule has 2 aromatic rings. The van der Waals surface area contributed by atoms with E-state index >= 15 is 0 Å². The quantitative estimate of drug-likeness (QED) is 0.748. The van der Waals surface area contributed by atoms with E-state index in [2.05, 4.69) is 17.4 Å². The average molecular weight is 356 g/mol. The molecule has 0 saturated heterocycles. The molecule has 5 nitrogen and oxygen atoms in total. The van der Waals surface area contributed by atoms with Crippen LogP contribution < -0.4 is 10.1 Å². The number of rotatable bonds is 9. The second-order valence-electron chi connectivity index (χ2n) is 6.15. The largest absolute Gasteiger partial charge is 0.494 e. The van der Waals surface area contributed by atoms with Crippen LogP contribution in [-0.4, -0.2) is 44.3 Å². The fraction of sp³-hybridized carbons (Fsp3) is 0.381. The van der Waals surface area contributed by atoms with Crippen LogP contribution in [0.4, 0.5) is 4.79 Å². The number of amides is 2. The highest BCUT2D eigenvalue weighted by Crippen LogP contribution is 2.13. The highest BCUT2D eigenvalue weighted by atomic mass is 16.5. The fourth-order valence-electron chi connectivity index (χ4n) is 2.77.